The second-order valence-corrected chi connectivity index (χ2v) is 9.23. The summed E-state index contributed by atoms with van der Waals surface area (Å²) in [6, 6.07) is 1.71. The van der Waals surface area contributed by atoms with E-state index < -0.39 is 9.84 Å². The van der Waals surface area contributed by atoms with Gasteiger partial charge in [0.1, 0.15) is 0 Å². The molecule has 1 fully saturated rings. The molecule has 7 nitrogen and oxygen atoms in total. The molecule has 0 radical (unpaired) electrons. The summed E-state index contributed by atoms with van der Waals surface area (Å²) < 4.78 is 28.1. The van der Waals surface area contributed by atoms with Crippen LogP contribution in [0.5, 0.6) is 0 Å². The van der Waals surface area contributed by atoms with Gasteiger partial charge in [0.2, 0.25) is 0 Å². The van der Waals surface area contributed by atoms with E-state index in [1.807, 2.05) is 0 Å². The Balaban J connectivity index is 1.53. The summed E-state index contributed by atoms with van der Waals surface area (Å²) in [6.45, 7) is 3.24. The molecule has 1 aromatic rings. The van der Waals surface area contributed by atoms with E-state index in [0.717, 1.165) is 10.4 Å². The third-order valence-corrected chi connectivity index (χ3v) is 7.04. The van der Waals surface area contributed by atoms with Gasteiger partial charge in [0, 0.05) is 24.0 Å². The van der Waals surface area contributed by atoms with Crippen LogP contribution in [0.25, 0.3) is 0 Å². The second-order valence-electron chi connectivity index (χ2n) is 6.03. The van der Waals surface area contributed by atoms with Crippen molar-refractivity contribution >= 4 is 33.2 Å². The molecule has 0 saturated carbocycles. The number of nitrogens with one attached hydrogen (secondary N) is 1. The van der Waals surface area contributed by atoms with Crippen LogP contribution in [0.2, 0.25) is 0 Å². The average molecular weight is 372 g/mol. The van der Waals surface area contributed by atoms with Crippen LogP contribution in [0, 0.1) is 0 Å². The Morgan fingerprint density at radius 2 is 2.04 bits per heavy atom. The number of rotatable bonds is 3. The lowest BCUT2D eigenvalue weighted by atomic mass is 10.1. The van der Waals surface area contributed by atoms with Crippen molar-refractivity contribution < 1.29 is 22.7 Å². The fourth-order valence-electron chi connectivity index (χ4n) is 2.99. The highest BCUT2D eigenvalue weighted by atomic mass is 32.2. The van der Waals surface area contributed by atoms with E-state index in [-0.39, 0.29) is 29.5 Å². The lowest BCUT2D eigenvalue weighted by Gasteiger charge is -2.31. The molecular weight excluding hydrogens is 352 g/mol. The first-order valence-electron chi connectivity index (χ1n) is 7.92. The number of sulfone groups is 1. The van der Waals surface area contributed by atoms with Gasteiger partial charge in [-0.15, -0.1) is 11.3 Å². The Morgan fingerprint density at radius 3 is 2.67 bits per heavy atom. The molecule has 0 unspecified atom stereocenters. The van der Waals surface area contributed by atoms with Crippen molar-refractivity contribution in [1.29, 1.82) is 0 Å². The number of thiophene rings is 1. The molecule has 0 atom stereocenters. The van der Waals surface area contributed by atoms with Gasteiger partial charge in [0.25, 0.3) is 5.91 Å². The summed E-state index contributed by atoms with van der Waals surface area (Å²) in [5.41, 5.74) is 0.752. The molecule has 0 aromatic carbocycles. The van der Waals surface area contributed by atoms with Crippen molar-refractivity contribution in [3.05, 3.63) is 21.4 Å². The maximum atomic E-state index is 12.3. The average Bonchev–Trinajstić information content (AvgIpc) is 3.01. The van der Waals surface area contributed by atoms with Crippen LogP contribution in [-0.2, 0) is 26.1 Å². The number of amides is 2. The molecule has 0 bridgehead atoms. The number of hydrogen-bond donors (Lipinski definition) is 1. The monoisotopic (exact) mass is 372 g/mol. The first-order chi connectivity index (χ1) is 11.4. The second kappa shape index (κ2) is 6.72. The minimum atomic E-state index is -3.02. The van der Waals surface area contributed by atoms with Crippen LogP contribution in [0.15, 0.2) is 6.07 Å². The molecular formula is C15H20N2O5S2. The molecule has 2 aliphatic rings. The van der Waals surface area contributed by atoms with E-state index in [1.165, 1.54) is 11.3 Å². The van der Waals surface area contributed by atoms with Gasteiger partial charge >= 0.3 is 6.09 Å². The summed E-state index contributed by atoms with van der Waals surface area (Å²) in [5.74, 6) is -0.0937. The first kappa shape index (κ1) is 17.2. The molecule has 9 heteroatoms. The number of fused-ring (bicyclic) bond motifs is 1. The van der Waals surface area contributed by atoms with E-state index in [2.05, 4.69) is 5.32 Å². The Bertz CT molecular complexity index is 718. The SMILES string of the molecule is CCOC(=O)N1CCC(NC(=O)c2cc3c(s2)CS(=O)(=O)C3)CC1. The zero-order chi connectivity index (χ0) is 17.3. The zero-order valence-corrected chi connectivity index (χ0v) is 15.0. The number of likely N-dealkylation sites (tertiary alicyclic amines) is 1. The van der Waals surface area contributed by atoms with Crippen molar-refractivity contribution in [2.24, 2.45) is 0 Å². The lowest BCUT2D eigenvalue weighted by Crippen LogP contribution is -2.46. The van der Waals surface area contributed by atoms with E-state index in [1.54, 1.807) is 17.9 Å². The fourth-order valence-corrected chi connectivity index (χ4v) is 6.15. The Kier molecular flexibility index (Phi) is 4.82. The Hall–Kier alpha value is -1.61. The molecule has 0 aliphatic carbocycles. The lowest BCUT2D eigenvalue weighted by molar-refractivity contribution is 0.0862. The number of carbonyl (C=O) groups excluding carboxylic acids is 2. The standard InChI is InChI=1S/C15H20N2O5S2/c1-2-22-15(19)17-5-3-11(4-6-17)16-14(18)12-7-10-8-24(20,21)9-13(10)23-12/h7,11H,2-6,8-9H2,1H3,(H,16,18). The summed E-state index contributed by atoms with van der Waals surface area (Å²) in [4.78, 5) is 27.0. The fraction of sp³-hybridized carbons (Fsp3) is 0.600. The smallest absolute Gasteiger partial charge is 0.409 e. The summed E-state index contributed by atoms with van der Waals surface area (Å²) in [6.07, 6.45) is 1.06. The summed E-state index contributed by atoms with van der Waals surface area (Å²) >= 11 is 1.26. The molecule has 1 aromatic heterocycles. The minimum absolute atomic E-state index is 0.0175. The maximum Gasteiger partial charge on any atom is 0.409 e. The van der Waals surface area contributed by atoms with Gasteiger partial charge in [-0.05, 0) is 31.4 Å². The molecule has 0 spiro atoms. The highest BCUT2D eigenvalue weighted by Gasteiger charge is 2.30. The molecule has 132 valence electrons. The number of piperidine rings is 1. The topological polar surface area (TPSA) is 92.8 Å². The van der Waals surface area contributed by atoms with E-state index in [0.29, 0.717) is 37.4 Å². The molecule has 2 amide bonds. The quantitative estimate of drug-likeness (QED) is 0.868. The maximum absolute atomic E-state index is 12.3. The van der Waals surface area contributed by atoms with Gasteiger partial charge in [-0.2, -0.15) is 0 Å². The molecule has 1 saturated heterocycles. The van der Waals surface area contributed by atoms with E-state index >= 15 is 0 Å². The van der Waals surface area contributed by atoms with Crippen LogP contribution < -0.4 is 5.32 Å². The minimum Gasteiger partial charge on any atom is -0.450 e. The molecule has 3 rings (SSSR count). The largest absolute Gasteiger partial charge is 0.450 e. The normalized spacial score (nSPS) is 19.8. The van der Waals surface area contributed by atoms with Crippen molar-refractivity contribution in [3.63, 3.8) is 0 Å². The molecule has 2 aliphatic heterocycles. The van der Waals surface area contributed by atoms with Crippen molar-refractivity contribution in [2.75, 3.05) is 19.7 Å². The number of nitrogens with zero attached hydrogens (tertiary/aromatic N) is 1. The number of hydrogen-bond acceptors (Lipinski definition) is 6. The Morgan fingerprint density at radius 1 is 1.33 bits per heavy atom. The highest BCUT2D eigenvalue weighted by Crippen LogP contribution is 2.32. The first-order valence-corrected chi connectivity index (χ1v) is 10.6. The number of ether oxygens (including phenoxy) is 1. The predicted molar refractivity (Wildman–Crippen MR) is 89.7 cm³/mol. The van der Waals surface area contributed by atoms with Gasteiger partial charge in [0.05, 0.1) is 23.0 Å². The number of carbonyl (C=O) groups is 2. The van der Waals surface area contributed by atoms with Crippen LogP contribution in [-0.4, -0.2) is 51.1 Å². The summed E-state index contributed by atoms with van der Waals surface area (Å²) in [7, 11) is -3.02. The van der Waals surface area contributed by atoms with E-state index in [9.17, 15) is 18.0 Å². The van der Waals surface area contributed by atoms with Gasteiger partial charge < -0.3 is 15.0 Å². The highest BCUT2D eigenvalue weighted by molar-refractivity contribution is 7.90. The van der Waals surface area contributed by atoms with Gasteiger partial charge in [-0.1, -0.05) is 0 Å². The summed E-state index contributed by atoms with van der Waals surface area (Å²) in [5, 5.41) is 2.98. The third-order valence-electron chi connectivity index (χ3n) is 4.20. The van der Waals surface area contributed by atoms with Crippen molar-refractivity contribution in [2.45, 2.75) is 37.3 Å². The van der Waals surface area contributed by atoms with Gasteiger partial charge in [0.15, 0.2) is 9.84 Å². The van der Waals surface area contributed by atoms with Crippen LogP contribution in [0.3, 0.4) is 0 Å². The van der Waals surface area contributed by atoms with Crippen molar-refractivity contribution in [3.8, 4) is 0 Å². The zero-order valence-electron chi connectivity index (χ0n) is 13.4. The van der Waals surface area contributed by atoms with Crippen LogP contribution >= 0.6 is 11.3 Å². The molecule has 24 heavy (non-hydrogen) atoms. The predicted octanol–water partition coefficient (Wildman–Crippen LogP) is 1.53. The van der Waals surface area contributed by atoms with Gasteiger partial charge in [-0.3, -0.25) is 4.79 Å². The Labute approximate surface area is 144 Å². The molecule has 3 heterocycles. The van der Waals surface area contributed by atoms with Crippen LogP contribution in [0.1, 0.15) is 39.9 Å². The van der Waals surface area contributed by atoms with Crippen molar-refractivity contribution in [1.82, 2.24) is 10.2 Å². The van der Waals surface area contributed by atoms with Crippen LogP contribution in [0.4, 0.5) is 4.79 Å². The van der Waals surface area contributed by atoms with Gasteiger partial charge in [-0.25, -0.2) is 13.2 Å². The molecule has 1 N–H and O–H groups in total. The van der Waals surface area contributed by atoms with E-state index in [4.69, 9.17) is 4.74 Å². The third kappa shape index (κ3) is 3.72.